The Kier molecular flexibility index (Phi) is 3.38. The summed E-state index contributed by atoms with van der Waals surface area (Å²) in [5, 5.41) is 1.58. The van der Waals surface area contributed by atoms with E-state index < -0.39 is 0 Å². The molecule has 1 aromatic heterocycles. The summed E-state index contributed by atoms with van der Waals surface area (Å²) in [7, 11) is 1.85. The van der Waals surface area contributed by atoms with Crippen molar-refractivity contribution in [1.29, 1.82) is 0 Å². The number of hydrogen-bond acceptors (Lipinski definition) is 3. The molecule has 5 heteroatoms. The zero-order valence-electron chi connectivity index (χ0n) is 11.5. The number of halogens is 1. The lowest BCUT2D eigenvalue weighted by molar-refractivity contribution is 0.0793. The minimum Gasteiger partial charge on any atom is -0.397 e. The number of fused-ring (bicyclic) bond motifs is 1. The van der Waals surface area contributed by atoms with E-state index in [1.807, 2.05) is 19.2 Å². The van der Waals surface area contributed by atoms with Gasteiger partial charge in [-0.2, -0.15) is 0 Å². The van der Waals surface area contributed by atoms with Gasteiger partial charge < -0.3 is 10.6 Å². The summed E-state index contributed by atoms with van der Waals surface area (Å²) in [6.45, 7) is 3.03. The molecule has 1 aromatic carbocycles. The molecule has 0 saturated heterocycles. The van der Waals surface area contributed by atoms with Gasteiger partial charge in [-0.1, -0.05) is 18.5 Å². The molecule has 0 spiro atoms. The summed E-state index contributed by atoms with van der Waals surface area (Å²) in [6.07, 6.45) is 1.22. The molecule has 1 saturated carbocycles. The first-order valence-electron chi connectivity index (χ1n) is 6.70. The third-order valence-electron chi connectivity index (χ3n) is 4.02. The Hall–Kier alpha value is -1.26. The second-order valence-corrected chi connectivity index (χ2v) is 7.13. The summed E-state index contributed by atoms with van der Waals surface area (Å²) < 4.78 is 0.964. The van der Waals surface area contributed by atoms with Crippen LogP contribution in [0.2, 0.25) is 5.02 Å². The second-order valence-electron chi connectivity index (χ2n) is 5.64. The number of carbonyl (C=O) groups is 1. The van der Waals surface area contributed by atoms with Crippen LogP contribution in [0.1, 0.15) is 23.0 Å². The van der Waals surface area contributed by atoms with E-state index in [-0.39, 0.29) is 5.91 Å². The first kappa shape index (κ1) is 13.7. The number of hydrogen-bond donors (Lipinski definition) is 1. The molecule has 3 nitrogen and oxygen atoms in total. The molecule has 1 heterocycles. The van der Waals surface area contributed by atoms with Crippen LogP contribution in [0, 0.1) is 11.8 Å². The van der Waals surface area contributed by atoms with Crippen LogP contribution in [0.15, 0.2) is 18.2 Å². The molecule has 106 valence electrons. The molecule has 1 fully saturated rings. The molecule has 0 radical (unpaired) electrons. The van der Waals surface area contributed by atoms with E-state index in [1.54, 1.807) is 11.0 Å². The molecule has 1 aliphatic carbocycles. The topological polar surface area (TPSA) is 46.3 Å². The maximum Gasteiger partial charge on any atom is 0.265 e. The van der Waals surface area contributed by atoms with Gasteiger partial charge >= 0.3 is 0 Å². The number of carbonyl (C=O) groups excluding carboxylic acids is 1. The molecule has 2 unspecified atom stereocenters. The lowest BCUT2D eigenvalue weighted by atomic mass is 10.2. The number of anilines is 1. The first-order chi connectivity index (χ1) is 9.47. The van der Waals surface area contributed by atoms with Gasteiger partial charge in [-0.25, -0.2) is 0 Å². The molecule has 0 bridgehead atoms. The highest BCUT2D eigenvalue weighted by Crippen LogP contribution is 2.39. The van der Waals surface area contributed by atoms with Gasteiger partial charge in [-0.15, -0.1) is 11.3 Å². The Morgan fingerprint density at radius 1 is 1.55 bits per heavy atom. The van der Waals surface area contributed by atoms with E-state index in [2.05, 4.69) is 6.92 Å². The van der Waals surface area contributed by atoms with Gasteiger partial charge in [0.1, 0.15) is 4.88 Å². The number of nitrogens with two attached hydrogens (primary N) is 1. The average Bonchev–Trinajstić information content (AvgIpc) is 2.99. The van der Waals surface area contributed by atoms with Crippen molar-refractivity contribution in [3.63, 3.8) is 0 Å². The molecule has 2 atom stereocenters. The largest absolute Gasteiger partial charge is 0.397 e. The van der Waals surface area contributed by atoms with Crippen molar-refractivity contribution in [1.82, 2.24) is 4.90 Å². The van der Waals surface area contributed by atoms with Crippen molar-refractivity contribution in [2.24, 2.45) is 11.8 Å². The smallest absolute Gasteiger partial charge is 0.265 e. The maximum atomic E-state index is 12.5. The van der Waals surface area contributed by atoms with Crippen LogP contribution in [0.25, 0.3) is 10.1 Å². The van der Waals surface area contributed by atoms with Gasteiger partial charge in [0.15, 0.2) is 0 Å². The van der Waals surface area contributed by atoms with Crippen molar-refractivity contribution < 1.29 is 4.79 Å². The van der Waals surface area contributed by atoms with Crippen LogP contribution in [0.5, 0.6) is 0 Å². The van der Waals surface area contributed by atoms with Gasteiger partial charge in [0.2, 0.25) is 0 Å². The molecular formula is C15H17ClN2OS. The molecule has 1 aliphatic rings. The molecule has 3 rings (SSSR count). The summed E-state index contributed by atoms with van der Waals surface area (Å²) in [5.74, 6) is 1.40. The van der Waals surface area contributed by atoms with Crippen LogP contribution in [0.4, 0.5) is 5.69 Å². The summed E-state index contributed by atoms with van der Waals surface area (Å²) >= 11 is 7.41. The Bertz CT molecular complexity index is 682. The monoisotopic (exact) mass is 308 g/mol. The molecule has 1 amide bonds. The van der Waals surface area contributed by atoms with Gasteiger partial charge in [0, 0.05) is 28.7 Å². The van der Waals surface area contributed by atoms with Crippen LogP contribution in [0.3, 0.4) is 0 Å². The highest BCUT2D eigenvalue weighted by atomic mass is 35.5. The molecule has 20 heavy (non-hydrogen) atoms. The quantitative estimate of drug-likeness (QED) is 0.935. The van der Waals surface area contributed by atoms with Crippen LogP contribution in [-0.4, -0.2) is 24.4 Å². The van der Waals surface area contributed by atoms with E-state index in [1.165, 1.54) is 17.8 Å². The Balaban J connectivity index is 1.89. The van der Waals surface area contributed by atoms with E-state index >= 15 is 0 Å². The molecule has 2 N–H and O–H groups in total. The van der Waals surface area contributed by atoms with Crippen LogP contribution < -0.4 is 5.73 Å². The maximum absolute atomic E-state index is 12.5. The SMILES string of the molecule is CC1CC1CN(C)C(=O)c1sc2cc(Cl)ccc2c1N. The minimum absolute atomic E-state index is 0.0129. The third kappa shape index (κ3) is 2.38. The molecular weight excluding hydrogens is 292 g/mol. The van der Waals surface area contributed by atoms with Crippen LogP contribution >= 0.6 is 22.9 Å². The normalized spacial score (nSPS) is 21.1. The molecule has 2 aromatic rings. The Morgan fingerprint density at radius 2 is 2.25 bits per heavy atom. The number of benzene rings is 1. The second kappa shape index (κ2) is 4.93. The van der Waals surface area contributed by atoms with Crippen molar-refractivity contribution >= 4 is 44.6 Å². The standard InChI is InChI=1S/C15H17ClN2OS/c1-8-5-9(8)7-18(2)15(19)14-13(17)11-4-3-10(16)6-12(11)20-14/h3-4,6,8-9H,5,7,17H2,1-2H3. The summed E-state index contributed by atoms with van der Waals surface area (Å²) in [6, 6.07) is 5.54. The zero-order valence-corrected chi connectivity index (χ0v) is 13.1. The van der Waals surface area contributed by atoms with E-state index in [0.29, 0.717) is 21.5 Å². The van der Waals surface area contributed by atoms with E-state index in [9.17, 15) is 4.79 Å². The van der Waals surface area contributed by atoms with Crippen molar-refractivity contribution in [3.05, 3.63) is 28.1 Å². The highest BCUT2D eigenvalue weighted by molar-refractivity contribution is 7.21. The summed E-state index contributed by atoms with van der Waals surface area (Å²) in [4.78, 5) is 14.9. The third-order valence-corrected chi connectivity index (χ3v) is 5.41. The predicted octanol–water partition coefficient (Wildman–Crippen LogP) is 3.86. The van der Waals surface area contributed by atoms with Gasteiger partial charge in [0.25, 0.3) is 5.91 Å². The summed E-state index contributed by atoms with van der Waals surface area (Å²) in [5.41, 5.74) is 6.69. The lowest BCUT2D eigenvalue weighted by Crippen LogP contribution is -2.28. The average molecular weight is 309 g/mol. The number of thiophene rings is 1. The number of nitrogen functional groups attached to an aromatic ring is 1. The predicted molar refractivity (Wildman–Crippen MR) is 85.5 cm³/mol. The Labute approximate surface area is 127 Å². The highest BCUT2D eigenvalue weighted by Gasteiger charge is 2.34. The lowest BCUT2D eigenvalue weighted by Gasteiger charge is -2.16. The fraction of sp³-hybridized carbons (Fsp3) is 0.400. The van der Waals surface area contributed by atoms with Crippen molar-refractivity contribution in [2.45, 2.75) is 13.3 Å². The van der Waals surface area contributed by atoms with Crippen molar-refractivity contribution in [3.8, 4) is 0 Å². The van der Waals surface area contributed by atoms with Gasteiger partial charge in [-0.3, -0.25) is 4.79 Å². The molecule has 0 aliphatic heterocycles. The van der Waals surface area contributed by atoms with Crippen molar-refractivity contribution in [2.75, 3.05) is 19.3 Å². The first-order valence-corrected chi connectivity index (χ1v) is 7.90. The number of nitrogens with zero attached hydrogens (tertiary/aromatic N) is 1. The Morgan fingerprint density at radius 3 is 2.90 bits per heavy atom. The van der Waals surface area contributed by atoms with Gasteiger partial charge in [-0.05, 0) is 36.5 Å². The van der Waals surface area contributed by atoms with Gasteiger partial charge in [0.05, 0.1) is 5.69 Å². The fourth-order valence-electron chi connectivity index (χ4n) is 2.51. The fourth-order valence-corrected chi connectivity index (χ4v) is 3.90. The minimum atomic E-state index is 0.0129. The number of amides is 1. The van der Waals surface area contributed by atoms with Crippen LogP contribution in [-0.2, 0) is 0 Å². The number of rotatable bonds is 3. The zero-order chi connectivity index (χ0) is 14.4. The van der Waals surface area contributed by atoms with E-state index in [4.69, 9.17) is 17.3 Å². The van der Waals surface area contributed by atoms with E-state index in [0.717, 1.165) is 22.5 Å².